The molecule has 4 N–H and O–H groups in total. The van der Waals surface area contributed by atoms with Crippen molar-refractivity contribution >= 4 is 29.0 Å². The first-order valence-corrected chi connectivity index (χ1v) is 9.90. The monoisotopic (exact) mass is 525 g/mol. The highest BCUT2D eigenvalue weighted by Crippen LogP contribution is 2.37. The smallest absolute Gasteiger partial charge is 0.425 e. The highest BCUT2D eigenvalue weighted by molar-refractivity contribution is 6.33. The molecule has 0 aliphatic rings. The summed E-state index contributed by atoms with van der Waals surface area (Å²) < 4.78 is 98.1. The van der Waals surface area contributed by atoms with Crippen molar-refractivity contribution in [1.82, 2.24) is 15.2 Å². The van der Waals surface area contributed by atoms with Crippen molar-refractivity contribution in [2.45, 2.75) is 32.3 Å². The number of carbonyl (C=O) groups is 1. The number of hydrogen-bond donors (Lipinski definition) is 3. The number of rotatable bonds is 5. The summed E-state index contributed by atoms with van der Waals surface area (Å²) in [4.78, 5) is 16.3. The van der Waals surface area contributed by atoms with E-state index in [1.807, 2.05) is 0 Å². The Balaban J connectivity index is 2.10. The maximum atomic E-state index is 14.9. The molecular formula is C20H15ClF7N5O2. The number of benzene rings is 1. The van der Waals surface area contributed by atoms with Gasteiger partial charge in [-0.15, -0.1) is 0 Å². The number of hydrogen-bond acceptors (Lipinski definition) is 5. The van der Waals surface area contributed by atoms with E-state index in [2.05, 4.69) is 20.5 Å². The molecule has 0 bridgehead atoms. The molecule has 0 aliphatic heterocycles. The minimum Gasteiger partial charge on any atom is -0.480 e. The van der Waals surface area contributed by atoms with E-state index in [1.165, 1.54) is 6.92 Å². The zero-order valence-corrected chi connectivity index (χ0v) is 18.5. The molecule has 1 atom stereocenters. The molecule has 2 aromatic heterocycles. The molecule has 3 aromatic rings. The third kappa shape index (κ3) is 5.58. The van der Waals surface area contributed by atoms with Gasteiger partial charge in [0.1, 0.15) is 23.1 Å². The average molecular weight is 526 g/mol. The van der Waals surface area contributed by atoms with E-state index in [-0.39, 0.29) is 10.8 Å². The van der Waals surface area contributed by atoms with Crippen LogP contribution in [0.1, 0.15) is 28.5 Å². The number of anilines is 2. The van der Waals surface area contributed by atoms with E-state index >= 15 is 0 Å². The van der Waals surface area contributed by atoms with Crippen LogP contribution in [0.2, 0.25) is 5.15 Å². The maximum absolute atomic E-state index is 14.9. The topological polar surface area (TPSA) is 106 Å². The zero-order chi connectivity index (χ0) is 26.3. The van der Waals surface area contributed by atoms with E-state index in [0.29, 0.717) is 30.8 Å². The molecule has 1 amide bonds. The van der Waals surface area contributed by atoms with Crippen LogP contribution in [-0.4, -0.2) is 33.4 Å². The van der Waals surface area contributed by atoms with Crippen molar-refractivity contribution in [3.8, 4) is 17.0 Å². The van der Waals surface area contributed by atoms with Gasteiger partial charge in [-0.2, -0.15) is 31.4 Å². The van der Waals surface area contributed by atoms with Gasteiger partial charge in [0.25, 0.3) is 5.91 Å². The van der Waals surface area contributed by atoms with E-state index in [1.54, 1.807) is 0 Å². The lowest BCUT2D eigenvalue weighted by Crippen LogP contribution is -2.32. The number of H-pyrrole nitrogens is 1. The van der Waals surface area contributed by atoms with Crippen LogP contribution in [-0.2, 0) is 6.18 Å². The van der Waals surface area contributed by atoms with E-state index in [4.69, 9.17) is 22.1 Å². The largest absolute Gasteiger partial charge is 0.480 e. The van der Waals surface area contributed by atoms with Crippen LogP contribution < -0.4 is 15.8 Å². The Morgan fingerprint density at radius 2 is 1.86 bits per heavy atom. The molecular weight excluding hydrogens is 511 g/mol. The molecule has 0 saturated carbocycles. The van der Waals surface area contributed by atoms with Crippen LogP contribution >= 0.6 is 11.6 Å². The van der Waals surface area contributed by atoms with Gasteiger partial charge >= 0.3 is 12.4 Å². The number of nitrogens with two attached hydrogens (primary N) is 1. The predicted octanol–water partition coefficient (Wildman–Crippen LogP) is 5.76. The van der Waals surface area contributed by atoms with E-state index in [0.717, 1.165) is 6.07 Å². The standard InChI is InChI=1S/C20H15ClF7N5O2/c1-7-15(16(21)33-32-7)31-18(34)10-5-12(22)9(6-14(10)35-8(2)19(23,24)25)13-4-3-11(17(29)30-13)20(26,27)28/h3-6,8H,1-2H3,(H2,29,30)(H,31,34)(H,32,33). The van der Waals surface area contributed by atoms with Crippen molar-refractivity contribution in [3.63, 3.8) is 0 Å². The predicted molar refractivity (Wildman–Crippen MR) is 111 cm³/mol. The summed E-state index contributed by atoms with van der Waals surface area (Å²) in [5.41, 5.74) is 2.71. The zero-order valence-electron chi connectivity index (χ0n) is 17.7. The van der Waals surface area contributed by atoms with Crippen molar-refractivity contribution in [1.29, 1.82) is 0 Å². The Kier molecular flexibility index (Phi) is 6.88. The lowest BCUT2D eigenvalue weighted by atomic mass is 10.0. The number of amides is 1. The molecule has 0 fully saturated rings. The number of nitrogens with zero attached hydrogens (tertiary/aromatic N) is 2. The lowest BCUT2D eigenvalue weighted by molar-refractivity contribution is -0.189. The first kappa shape index (κ1) is 26.1. The number of nitrogens with one attached hydrogen (secondary N) is 2. The van der Waals surface area contributed by atoms with Gasteiger partial charge in [0.15, 0.2) is 11.3 Å². The molecule has 1 unspecified atom stereocenters. The van der Waals surface area contributed by atoms with Gasteiger partial charge in [-0.05, 0) is 38.1 Å². The summed E-state index contributed by atoms with van der Waals surface area (Å²) in [6.07, 6.45) is -12.1. The fourth-order valence-corrected chi connectivity index (χ4v) is 3.10. The van der Waals surface area contributed by atoms with Crippen LogP contribution in [0.4, 0.5) is 42.2 Å². The maximum Gasteiger partial charge on any atom is 0.425 e. The third-order valence-corrected chi connectivity index (χ3v) is 5.00. The normalized spacial score (nSPS) is 13.0. The van der Waals surface area contributed by atoms with Gasteiger partial charge in [-0.3, -0.25) is 9.89 Å². The van der Waals surface area contributed by atoms with Crippen molar-refractivity contribution in [2.24, 2.45) is 0 Å². The molecule has 7 nitrogen and oxygen atoms in total. The minimum absolute atomic E-state index is 0.00634. The second-order valence-electron chi connectivity index (χ2n) is 7.23. The van der Waals surface area contributed by atoms with Crippen molar-refractivity contribution in [3.05, 3.63) is 52.1 Å². The molecule has 0 spiro atoms. The average Bonchev–Trinajstić information content (AvgIpc) is 3.04. The van der Waals surface area contributed by atoms with Gasteiger partial charge in [-0.25, -0.2) is 9.37 Å². The van der Waals surface area contributed by atoms with Crippen LogP contribution in [0.25, 0.3) is 11.3 Å². The number of aromatic amines is 1. The summed E-state index contributed by atoms with van der Waals surface area (Å²) in [6.45, 7) is 2.14. The molecule has 35 heavy (non-hydrogen) atoms. The molecule has 3 rings (SSSR count). The first-order chi connectivity index (χ1) is 16.1. The minimum atomic E-state index is -4.86. The molecule has 0 aliphatic carbocycles. The second-order valence-corrected chi connectivity index (χ2v) is 7.58. The molecule has 188 valence electrons. The lowest BCUT2D eigenvalue weighted by Gasteiger charge is -2.20. The Labute approximate surface area is 197 Å². The van der Waals surface area contributed by atoms with Gasteiger partial charge in [-0.1, -0.05) is 11.6 Å². The van der Waals surface area contributed by atoms with E-state index in [9.17, 15) is 35.5 Å². The van der Waals surface area contributed by atoms with Gasteiger partial charge in [0.05, 0.1) is 22.5 Å². The highest BCUT2D eigenvalue weighted by atomic mass is 35.5. The summed E-state index contributed by atoms with van der Waals surface area (Å²) in [5, 5.41) is 8.24. The van der Waals surface area contributed by atoms with E-state index < -0.39 is 64.1 Å². The van der Waals surface area contributed by atoms with Crippen molar-refractivity contribution in [2.75, 3.05) is 11.1 Å². The number of alkyl halides is 6. The van der Waals surface area contributed by atoms with Crippen LogP contribution in [0.15, 0.2) is 24.3 Å². The van der Waals surface area contributed by atoms with Crippen LogP contribution in [0.5, 0.6) is 5.75 Å². The fraction of sp³-hybridized carbons (Fsp3) is 0.250. The fourth-order valence-electron chi connectivity index (χ4n) is 2.87. The number of halogens is 8. The quantitative estimate of drug-likeness (QED) is 0.368. The summed E-state index contributed by atoms with van der Waals surface area (Å²) >= 11 is 5.85. The third-order valence-electron chi connectivity index (χ3n) is 4.73. The number of aromatic nitrogens is 3. The summed E-state index contributed by atoms with van der Waals surface area (Å²) in [6, 6.07) is 2.59. The summed E-state index contributed by atoms with van der Waals surface area (Å²) in [5.74, 6) is -3.98. The molecule has 2 heterocycles. The summed E-state index contributed by atoms with van der Waals surface area (Å²) in [7, 11) is 0. The number of ether oxygens (including phenoxy) is 1. The Bertz CT molecular complexity index is 1250. The molecule has 0 radical (unpaired) electrons. The highest BCUT2D eigenvalue weighted by Gasteiger charge is 2.39. The Morgan fingerprint density at radius 3 is 2.37 bits per heavy atom. The number of pyridine rings is 1. The van der Waals surface area contributed by atoms with Gasteiger partial charge in [0, 0.05) is 5.56 Å². The molecule has 0 saturated heterocycles. The van der Waals surface area contributed by atoms with Crippen LogP contribution in [0, 0.1) is 12.7 Å². The Morgan fingerprint density at radius 1 is 1.20 bits per heavy atom. The molecule has 15 heteroatoms. The number of carbonyl (C=O) groups excluding carboxylic acids is 1. The second kappa shape index (κ2) is 9.24. The Hall–Kier alpha value is -3.55. The van der Waals surface area contributed by atoms with Gasteiger partial charge < -0.3 is 15.8 Å². The van der Waals surface area contributed by atoms with Gasteiger partial charge in [0.2, 0.25) is 0 Å². The van der Waals surface area contributed by atoms with Crippen molar-refractivity contribution < 1.29 is 40.3 Å². The SMILES string of the molecule is Cc1[nH]nc(Cl)c1NC(=O)c1cc(F)c(-c2ccc(C(F)(F)F)c(N)n2)cc1OC(C)C(F)(F)F. The number of aryl methyl sites for hydroxylation is 1. The first-order valence-electron chi connectivity index (χ1n) is 9.52. The molecule has 1 aromatic carbocycles. The van der Waals surface area contributed by atoms with Crippen LogP contribution in [0.3, 0.4) is 0 Å². The number of nitrogen functional groups attached to an aromatic ring is 1.